The average Bonchev–Trinajstić information content (AvgIpc) is 1.99. The molecule has 0 bridgehead atoms. The summed E-state index contributed by atoms with van der Waals surface area (Å²) in [5.74, 6) is 0.0867. The van der Waals surface area contributed by atoms with Crippen molar-refractivity contribution in [3.63, 3.8) is 0 Å². The van der Waals surface area contributed by atoms with E-state index in [-0.39, 0.29) is 12.5 Å². The first kappa shape index (κ1) is 11.5. The summed E-state index contributed by atoms with van der Waals surface area (Å²) in [5.41, 5.74) is 0. The fourth-order valence-electron chi connectivity index (χ4n) is 0.387. The Morgan fingerprint density at radius 1 is 1.45 bits per heavy atom. The van der Waals surface area contributed by atoms with E-state index in [1.807, 2.05) is 0 Å². The third kappa shape index (κ3) is 5.70. The molecule has 0 saturated carbocycles. The fourth-order valence-corrected chi connectivity index (χ4v) is 0.549. The molecule has 11 heavy (non-hydrogen) atoms. The molecule has 0 aliphatic carbocycles. The van der Waals surface area contributed by atoms with Gasteiger partial charge in [0.15, 0.2) is 6.29 Å². The van der Waals surface area contributed by atoms with Gasteiger partial charge in [0, 0.05) is 0 Å². The van der Waals surface area contributed by atoms with Crippen molar-refractivity contribution < 1.29 is 14.9 Å². The van der Waals surface area contributed by atoms with Gasteiger partial charge in [0.25, 0.3) is 0 Å². The summed E-state index contributed by atoms with van der Waals surface area (Å²) in [4.78, 5) is 0. The molecule has 0 radical (unpaired) electrons. The van der Waals surface area contributed by atoms with Crippen molar-refractivity contribution in [3.05, 3.63) is 0 Å². The molecule has 2 N–H and O–H groups in total. The summed E-state index contributed by atoms with van der Waals surface area (Å²) in [5, 5.41) is 17.4. The molecule has 68 valence electrons. The topological polar surface area (TPSA) is 49.7 Å². The summed E-state index contributed by atoms with van der Waals surface area (Å²) >= 11 is 10.7. The van der Waals surface area contributed by atoms with Gasteiger partial charge in [0.2, 0.25) is 0 Å². The van der Waals surface area contributed by atoms with E-state index in [4.69, 9.17) is 38.2 Å². The molecule has 0 amide bonds. The van der Waals surface area contributed by atoms with Crippen molar-refractivity contribution in [2.75, 3.05) is 12.5 Å². The van der Waals surface area contributed by atoms with E-state index >= 15 is 0 Å². The number of hydrogen-bond donors (Lipinski definition) is 2. The summed E-state index contributed by atoms with van der Waals surface area (Å²) < 4.78 is 4.75. The highest BCUT2D eigenvalue weighted by atomic mass is 35.5. The molecular formula is C6H12Cl2O3. The van der Waals surface area contributed by atoms with Gasteiger partial charge >= 0.3 is 0 Å². The lowest BCUT2D eigenvalue weighted by atomic mass is 10.4. The molecule has 0 aromatic rings. The van der Waals surface area contributed by atoms with Gasteiger partial charge in [-0.2, -0.15) is 0 Å². The van der Waals surface area contributed by atoms with E-state index < -0.39 is 17.8 Å². The molecule has 0 aliphatic rings. The SMILES string of the molecule is CC(Cl)C(O)OCC(O)CCl. The molecule has 0 aromatic heterocycles. The summed E-state index contributed by atoms with van der Waals surface area (Å²) in [6, 6.07) is 0. The predicted molar refractivity (Wildman–Crippen MR) is 44.0 cm³/mol. The lowest BCUT2D eigenvalue weighted by Gasteiger charge is -2.15. The van der Waals surface area contributed by atoms with Gasteiger partial charge in [-0.1, -0.05) is 0 Å². The maximum absolute atomic E-state index is 8.96. The van der Waals surface area contributed by atoms with Crippen LogP contribution >= 0.6 is 23.2 Å². The molecule has 5 heteroatoms. The first-order valence-corrected chi connectivity index (χ1v) is 4.22. The predicted octanol–water partition coefficient (Wildman–Crippen LogP) is 0.548. The van der Waals surface area contributed by atoms with E-state index in [0.717, 1.165) is 0 Å². The third-order valence-electron chi connectivity index (χ3n) is 1.03. The molecule has 3 atom stereocenters. The second-order valence-electron chi connectivity index (χ2n) is 2.21. The Bertz CT molecular complexity index is 99.8. The van der Waals surface area contributed by atoms with Crippen LogP contribution in [0.5, 0.6) is 0 Å². The molecular weight excluding hydrogens is 191 g/mol. The van der Waals surface area contributed by atoms with Crippen LogP contribution in [0.4, 0.5) is 0 Å². The summed E-state index contributed by atoms with van der Waals surface area (Å²) in [7, 11) is 0. The average molecular weight is 203 g/mol. The first-order chi connectivity index (χ1) is 5.07. The Labute approximate surface area is 75.9 Å². The highest BCUT2D eigenvalue weighted by Crippen LogP contribution is 2.03. The number of halogens is 2. The molecule has 0 spiro atoms. The van der Waals surface area contributed by atoms with Crippen LogP contribution < -0.4 is 0 Å². The Kier molecular flexibility index (Phi) is 6.28. The Hall–Kier alpha value is 0.460. The van der Waals surface area contributed by atoms with Gasteiger partial charge in [-0.25, -0.2) is 0 Å². The second kappa shape index (κ2) is 6.03. The standard InChI is InChI=1S/C6H12Cl2O3/c1-4(8)6(10)11-3-5(9)2-7/h4-6,9-10H,2-3H2,1H3. The van der Waals surface area contributed by atoms with E-state index in [1.54, 1.807) is 6.92 Å². The first-order valence-electron chi connectivity index (χ1n) is 3.25. The van der Waals surface area contributed by atoms with Gasteiger partial charge < -0.3 is 14.9 Å². The summed E-state index contributed by atoms with van der Waals surface area (Å²) in [6.07, 6.45) is -1.80. The minimum absolute atomic E-state index is 0.00171. The van der Waals surface area contributed by atoms with Crippen LogP contribution in [0.1, 0.15) is 6.92 Å². The van der Waals surface area contributed by atoms with Gasteiger partial charge in [-0.05, 0) is 6.92 Å². The monoisotopic (exact) mass is 202 g/mol. The number of hydrogen-bond acceptors (Lipinski definition) is 3. The van der Waals surface area contributed by atoms with Crippen LogP contribution in [0.25, 0.3) is 0 Å². The second-order valence-corrected chi connectivity index (χ2v) is 3.21. The molecule has 3 nitrogen and oxygen atoms in total. The maximum atomic E-state index is 8.96. The van der Waals surface area contributed by atoms with Gasteiger partial charge in [0.1, 0.15) is 0 Å². The smallest absolute Gasteiger partial charge is 0.170 e. The molecule has 0 heterocycles. The minimum atomic E-state index is -1.05. The zero-order valence-corrected chi connectivity index (χ0v) is 7.72. The zero-order chi connectivity index (χ0) is 8.85. The van der Waals surface area contributed by atoms with E-state index in [2.05, 4.69) is 0 Å². The highest BCUT2D eigenvalue weighted by molar-refractivity contribution is 6.20. The Balaban J connectivity index is 3.37. The van der Waals surface area contributed by atoms with Crippen molar-refractivity contribution in [1.29, 1.82) is 0 Å². The zero-order valence-electron chi connectivity index (χ0n) is 6.20. The number of aliphatic hydroxyl groups excluding tert-OH is 2. The van der Waals surface area contributed by atoms with E-state index in [9.17, 15) is 0 Å². The number of rotatable bonds is 5. The molecule has 0 saturated heterocycles. The van der Waals surface area contributed by atoms with Crippen LogP contribution in [-0.2, 0) is 4.74 Å². The van der Waals surface area contributed by atoms with Crippen molar-refractivity contribution in [2.24, 2.45) is 0 Å². The van der Waals surface area contributed by atoms with Gasteiger partial charge in [-0.3, -0.25) is 0 Å². The lowest BCUT2D eigenvalue weighted by molar-refractivity contribution is -0.116. The third-order valence-corrected chi connectivity index (χ3v) is 1.60. The Morgan fingerprint density at radius 2 is 2.00 bits per heavy atom. The van der Waals surface area contributed by atoms with Crippen LogP contribution in [0.3, 0.4) is 0 Å². The minimum Gasteiger partial charge on any atom is -0.389 e. The van der Waals surface area contributed by atoms with Gasteiger partial charge in [-0.15, -0.1) is 23.2 Å². The summed E-state index contributed by atoms with van der Waals surface area (Å²) in [6.45, 7) is 1.60. The molecule has 0 aromatic carbocycles. The number of alkyl halides is 2. The van der Waals surface area contributed by atoms with Crippen molar-refractivity contribution in [3.8, 4) is 0 Å². The van der Waals surface area contributed by atoms with Crippen molar-refractivity contribution >= 4 is 23.2 Å². The lowest BCUT2D eigenvalue weighted by Crippen LogP contribution is -2.27. The molecule has 0 aliphatic heterocycles. The fraction of sp³-hybridized carbons (Fsp3) is 1.00. The largest absolute Gasteiger partial charge is 0.389 e. The van der Waals surface area contributed by atoms with Crippen molar-refractivity contribution in [2.45, 2.75) is 24.7 Å². The van der Waals surface area contributed by atoms with Crippen LogP contribution in [0.15, 0.2) is 0 Å². The van der Waals surface area contributed by atoms with E-state index in [1.165, 1.54) is 0 Å². The Morgan fingerprint density at radius 3 is 2.36 bits per heavy atom. The number of ether oxygens (including phenoxy) is 1. The van der Waals surface area contributed by atoms with E-state index in [0.29, 0.717) is 0 Å². The molecule has 3 unspecified atom stereocenters. The van der Waals surface area contributed by atoms with Crippen LogP contribution in [-0.4, -0.2) is 40.5 Å². The van der Waals surface area contributed by atoms with Crippen LogP contribution in [0.2, 0.25) is 0 Å². The maximum Gasteiger partial charge on any atom is 0.170 e. The quantitative estimate of drug-likeness (QED) is 0.506. The number of aliphatic hydroxyl groups is 2. The normalized spacial score (nSPS) is 19.4. The molecule has 0 fully saturated rings. The highest BCUT2D eigenvalue weighted by Gasteiger charge is 2.12. The van der Waals surface area contributed by atoms with Crippen molar-refractivity contribution in [1.82, 2.24) is 0 Å². The van der Waals surface area contributed by atoms with Gasteiger partial charge in [0.05, 0.1) is 24.0 Å². The van der Waals surface area contributed by atoms with Crippen LogP contribution in [0, 0.1) is 0 Å². The molecule has 0 rings (SSSR count).